The van der Waals surface area contributed by atoms with Crippen molar-refractivity contribution in [1.29, 1.82) is 5.26 Å². The largest absolute Gasteiger partial charge is 0.444 e. The number of hydrogen-bond acceptors (Lipinski definition) is 6. The summed E-state index contributed by atoms with van der Waals surface area (Å²) in [4.78, 5) is 27.5. The van der Waals surface area contributed by atoms with E-state index < -0.39 is 11.7 Å². The molecule has 1 atom stereocenters. The SMILES string of the molecule is CC(C)(C)OC(=O)N1CCC(OCC2CN(c3ccc(C#N)cc3)C(=O)O2)CC1. The van der Waals surface area contributed by atoms with E-state index in [4.69, 9.17) is 19.5 Å². The van der Waals surface area contributed by atoms with Gasteiger partial charge in [0.05, 0.1) is 30.9 Å². The molecule has 2 fully saturated rings. The Morgan fingerprint density at radius 1 is 1.24 bits per heavy atom. The average molecular weight is 401 g/mol. The van der Waals surface area contributed by atoms with Crippen molar-refractivity contribution in [1.82, 2.24) is 4.90 Å². The first-order valence-electron chi connectivity index (χ1n) is 9.83. The highest BCUT2D eigenvalue weighted by atomic mass is 16.6. The van der Waals surface area contributed by atoms with Crippen molar-refractivity contribution >= 4 is 17.9 Å². The maximum Gasteiger partial charge on any atom is 0.414 e. The van der Waals surface area contributed by atoms with Gasteiger partial charge in [0.15, 0.2) is 0 Å². The van der Waals surface area contributed by atoms with Gasteiger partial charge in [0.1, 0.15) is 11.7 Å². The van der Waals surface area contributed by atoms with Crippen LogP contribution in [-0.2, 0) is 14.2 Å². The number of amides is 2. The van der Waals surface area contributed by atoms with Crippen LogP contribution in [0.1, 0.15) is 39.2 Å². The molecule has 8 heteroatoms. The molecule has 2 amide bonds. The molecule has 0 radical (unpaired) electrons. The van der Waals surface area contributed by atoms with Gasteiger partial charge in [-0.3, -0.25) is 4.90 Å². The molecule has 0 saturated carbocycles. The van der Waals surface area contributed by atoms with Crippen molar-refractivity contribution in [2.24, 2.45) is 0 Å². The molecule has 29 heavy (non-hydrogen) atoms. The van der Waals surface area contributed by atoms with Gasteiger partial charge in [0.25, 0.3) is 0 Å². The quantitative estimate of drug-likeness (QED) is 0.769. The molecule has 2 saturated heterocycles. The number of cyclic esters (lactones) is 1. The molecular formula is C21H27N3O5. The Hall–Kier alpha value is -2.79. The predicted octanol–water partition coefficient (Wildman–Crippen LogP) is 3.30. The van der Waals surface area contributed by atoms with E-state index in [1.807, 2.05) is 20.8 Å². The van der Waals surface area contributed by atoms with E-state index in [1.54, 1.807) is 34.1 Å². The van der Waals surface area contributed by atoms with Crippen LogP contribution >= 0.6 is 0 Å². The number of rotatable bonds is 4. The molecule has 3 rings (SSSR count). The smallest absolute Gasteiger partial charge is 0.414 e. The number of piperidine rings is 1. The van der Waals surface area contributed by atoms with Gasteiger partial charge < -0.3 is 19.1 Å². The van der Waals surface area contributed by atoms with Gasteiger partial charge in [-0.1, -0.05) is 0 Å². The van der Waals surface area contributed by atoms with Crippen LogP contribution in [0.3, 0.4) is 0 Å². The van der Waals surface area contributed by atoms with Gasteiger partial charge in [-0.25, -0.2) is 9.59 Å². The molecular weight excluding hydrogens is 374 g/mol. The van der Waals surface area contributed by atoms with Crippen LogP contribution in [-0.4, -0.2) is 61.1 Å². The molecule has 2 heterocycles. The second kappa shape index (κ2) is 8.70. The molecule has 8 nitrogen and oxygen atoms in total. The Morgan fingerprint density at radius 3 is 2.48 bits per heavy atom. The van der Waals surface area contributed by atoms with Crippen LogP contribution in [0.2, 0.25) is 0 Å². The molecule has 0 aliphatic carbocycles. The lowest BCUT2D eigenvalue weighted by molar-refractivity contribution is -0.0335. The molecule has 2 aliphatic heterocycles. The summed E-state index contributed by atoms with van der Waals surface area (Å²) >= 11 is 0. The topological polar surface area (TPSA) is 92.1 Å². The molecule has 0 spiro atoms. The third-order valence-electron chi connectivity index (χ3n) is 4.79. The van der Waals surface area contributed by atoms with E-state index in [-0.39, 0.29) is 18.3 Å². The Balaban J connectivity index is 1.43. The summed E-state index contributed by atoms with van der Waals surface area (Å²) in [5.41, 5.74) is 0.735. The molecule has 0 N–H and O–H groups in total. The Kier molecular flexibility index (Phi) is 6.28. The minimum absolute atomic E-state index is 0.0244. The van der Waals surface area contributed by atoms with Gasteiger partial charge in [-0.2, -0.15) is 5.26 Å². The lowest BCUT2D eigenvalue weighted by atomic mass is 10.1. The van der Waals surface area contributed by atoms with E-state index in [0.29, 0.717) is 37.5 Å². The lowest BCUT2D eigenvalue weighted by Gasteiger charge is -2.33. The zero-order valence-electron chi connectivity index (χ0n) is 17.1. The summed E-state index contributed by atoms with van der Waals surface area (Å²) < 4.78 is 16.7. The fourth-order valence-corrected chi connectivity index (χ4v) is 3.31. The Bertz CT molecular complexity index is 773. The van der Waals surface area contributed by atoms with Crippen LogP contribution in [0.15, 0.2) is 24.3 Å². The molecule has 2 aliphatic rings. The monoisotopic (exact) mass is 401 g/mol. The second-order valence-electron chi connectivity index (χ2n) is 8.28. The molecule has 1 aromatic carbocycles. The highest BCUT2D eigenvalue weighted by Gasteiger charge is 2.34. The van der Waals surface area contributed by atoms with Crippen molar-refractivity contribution in [3.8, 4) is 6.07 Å². The predicted molar refractivity (Wildman–Crippen MR) is 106 cm³/mol. The number of hydrogen-bond donors (Lipinski definition) is 0. The van der Waals surface area contributed by atoms with Crippen molar-refractivity contribution in [3.05, 3.63) is 29.8 Å². The highest BCUT2D eigenvalue weighted by molar-refractivity contribution is 5.89. The van der Waals surface area contributed by atoms with Crippen LogP contribution in [0.25, 0.3) is 0 Å². The number of nitrogens with zero attached hydrogens (tertiary/aromatic N) is 3. The van der Waals surface area contributed by atoms with Crippen molar-refractivity contribution in [3.63, 3.8) is 0 Å². The summed E-state index contributed by atoms with van der Waals surface area (Å²) in [6.45, 7) is 7.44. The van der Waals surface area contributed by atoms with Gasteiger partial charge in [-0.15, -0.1) is 0 Å². The summed E-state index contributed by atoms with van der Waals surface area (Å²) in [7, 11) is 0. The number of likely N-dealkylation sites (tertiary alicyclic amines) is 1. The number of ether oxygens (including phenoxy) is 3. The first-order chi connectivity index (χ1) is 13.7. The number of carbonyl (C=O) groups excluding carboxylic acids is 2. The molecule has 0 bridgehead atoms. The van der Waals surface area contributed by atoms with E-state index in [9.17, 15) is 9.59 Å². The van der Waals surface area contributed by atoms with Crippen molar-refractivity contribution in [2.75, 3.05) is 31.1 Å². The van der Waals surface area contributed by atoms with Gasteiger partial charge >= 0.3 is 12.2 Å². The molecule has 0 aromatic heterocycles. The first-order valence-corrected chi connectivity index (χ1v) is 9.83. The second-order valence-corrected chi connectivity index (χ2v) is 8.28. The van der Waals surface area contributed by atoms with E-state index in [1.165, 1.54) is 0 Å². The fourth-order valence-electron chi connectivity index (χ4n) is 3.31. The number of carbonyl (C=O) groups is 2. The third-order valence-corrected chi connectivity index (χ3v) is 4.79. The van der Waals surface area contributed by atoms with Crippen LogP contribution < -0.4 is 4.90 Å². The van der Waals surface area contributed by atoms with Gasteiger partial charge in [0.2, 0.25) is 0 Å². The Labute approximate surface area is 170 Å². The average Bonchev–Trinajstić information content (AvgIpc) is 3.06. The molecule has 1 unspecified atom stereocenters. The summed E-state index contributed by atoms with van der Waals surface area (Å²) in [5, 5.41) is 8.88. The van der Waals surface area contributed by atoms with E-state index in [2.05, 4.69) is 6.07 Å². The number of nitriles is 1. The van der Waals surface area contributed by atoms with Crippen LogP contribution in [0.5, 0.6) is 0 Å². The highest BCUT2D eigenvalue weighted by Crippen LogP contribution is 2.23. The summed E-state index contributed by atoms with van der Waals surface area (Å²) in [6.07, 6.45) is 0.415. The molecule has 1 aromatic rings. The van der Waals surface area contributed by atoms with Crippen LogP contribution in [0, 0.1) is 11.3 Å². The van der Waals surface area contributed by atoms with Gasteiger partial charge in [-0.05, 0) is 57.9 Å². The standard InChI is InChI=1S/C21H27N3O5/c1-21(2,3)29-19(25)23-10-8-17(9-11-23)27-14-18-13-24(20(26)28-18)16-6-4-15(12-22)5-7-16/h4-7,17-18H,8-11,13-14H2,1-3H3. The zero-order valence-corrected chi connectivity index (χ0v) is 17.1. The van der Waals surface area contributed by atoms with E-state index >= 15 is 0 Å². The Morgan fingerprint density at radius 2 is 1.90 bits per heavy atom. The minimum atomic E-state index is -0.502. The number of benzene rings is 1. The maximum absolute atomic E-state index is 12.1. The lowest BCUT2D eigenvalue weighted by Crippen LogP contribution is -2.43. The fraction of sp³-hybridized carbons (Fsp3) is 0.571. The summed E-state index contributed by atoms with van der Waals surface area (Å²) in [5.74, 6) is 0. The normalized spacial score (nSPS) is 20.3. The molecule has 156 valence electrons. The van der Waals surface area contributed by atoms with E-state index in [0.717, 1.165) is 12.8 Å². The minimum Gasteiger partial charge on any atom is -0.444 e. The maximum atomic E-state index is 12.1. The zero-order chi connectivity index (χ0) is 21.0. The van der Waals surface area contributed by atoms with Crippen molar-refractivity contribution < 1.29 is 23.8 Å². The first kappa shape index (κ1) is 20.9. The van der Waals surface area contributed by atoms with Crippen molar-refractivity contribution in [2.45, 2.75) is 51.4 Å². The third kappa shape index (κ3) is 5.61. The number of anilines is 1. The van der Waals surface area contributed by atoms with Gasteiger partial charge in [0, 0.05) is 18.8 Å². The summed E-state index contributed by atoms with van der Waals surface area (Å²) in [6, 6.07) is 8.86. The van der Waals surface area contributed by atoms with Crippen LogP contribution in [0.4, 0.5) is 15.3 Å².